The molecule has 3 aliphatic rings. The number of hydrogen-bond acceptors (Lipinski definition) is 6. The van der Waals surface area contributed by atoms with Crippen LogP contribution in [0.25, 0.3) is 10.8 Å². The second kappa shape index (κ2) is 10.1. The molecule has 0 aromatic heterocycles. The molecule has 5 rings (SSSR count). The molecular weight excluding hydrogens is 472 g/mol. The lowest BCUT2D eigenvalue weighted by molar-refractivity contribution is -0.158. The summed E-state index contributed by atoms with van der Waals surface area (Å²) in [7, 11) is 0. The minimum Gasteiger partial charge on any atom is -0.466 e. The van der Waals surface area contributed by atoms with Crippen LogP contribution >= 0.6 is 0 Å². The van der Waals surface area contributed by atoms with E-state index in [0.717, 1.165) is 23.6 Å². The van der Waals surface area contributed by atoms with Gasteiger partial charge in [-0.05, 0) is 62.4 Å². The Morgan fingerprint density at radius 1 is 1.11 bits per heavy atom. The number of hydrogen-bond donors (Lipinski definition) is 2. The second-order valence-corrected chi connectivity index (χ2v) is 10.7. The molecular formula is C29H36N2O6. The van der Waals surface area contributed by atoms with Crippen LogP contribution in [0, 0.1) is 11.8 Å². The van der Waals surface area contributed by atoms with Crippen LogP contribution in [0.1, 0.15) is 52.4 Å². The van der Waals surface area contributed by atoms with Crippen molar-refractivity contribution in [2.45, 2.75) is 69.6 Å². The minimum atomic E-state index is -1.06. The summed E-state index contributed by atoms with van der Waals surface area (Å²) in [4.78, 5) is 42.5. The van der Waals surface area contributed by atoms with Crippen LogP contribution in [-0.2, 0) is 23.9 Å². The quantitative estimate of drug-likeness (QED) is 0.375. The van der Waals surface area contributed by atoms with E-state index in [2.05, 4.69) is 5.32 Å². The first-order valence-corrected chi connectivity index (χ1v) is 13.4. The SMILES string of the molecule is CCOC(=O)[C@H]1[C@H]2C(=O)N(CCCCCCO)C(C(=O)Nc3ccc4ccccc4c3)C23CC[C@]1(C)O3. The summed E-state index contributed by atoms with van der Waals surface area (Å²) in [6.45, 7) is 4.37. The number of aliphatic hydroxyl groups excluding tert-OH is 1. The number of rotatable bonds is 10. The zero-order valence-electron chi connectivity index (χ0n) is 21.6. The molecule has 8 nitrogen and oxygen atoms in total. The predicted octanol–water partition coefficient (Wildman–Crippen LogP) is 3.66. The summed E-state index contributed by atoms with van der Waals surface area (Å²) in [6, 6.07) is 12.8. The summed E-state index contributed by atoms with van der Waals surface area (Å²) < 4.78 is 12.0. The molecule has 37 heavy (non-hydrogen) atoms. The number of unbranched alkanes of at least 4 members (excludes halogenated alkanes) is 3. The number of amides is 2. The standard InChI is InChI=1S/C29H36N2O6/c1-3-36-27(35)23-22-26(34)31(16-8-4-5-9-17-32)24(29(22)15-14-28(23,2)37-29)25(33)30-21-13-12-19-10-6-7-11-20(19)18-21/h6-7,10-13,18,22-24,32H,3-5,8-9,14-17H2,1-2H3,(H,30,33)/t22-,23+,24?,28-,29?/m0/s1. The smallest absolute Gasteiger partial charge is 0.312 e. The molecule has 3 saturated heterocycles. The number of carbonyl (C=O) groups is 3. The molecule has 0 aliphatic carbocycles. The molecule has 2 amide bonds. The van der Waals surface area contributed by atoms with Crippen molar-refractivity contribution >= 4 is 34.2 Å². The molecule has 0 saturated carbocycles. The zero-order chi connectivity index (χ0) is 26.2. The van der Waals surface area contributed by atoms with Gasteiger partial charge in [0.2, 0.25) is 11.8 Å². The Morgan fingerprint density at radius 3 is 2.62 bits per heavy atom. The number of aliphatic hydroxyl groups is 1. The molecule has 2 N–H and O–H groups in total. The monoisotopic (exact) mass is 508 g/mol. The molecule has 0 radical (unpaired) electrons. The van der Waals surface area contributed by atoms with Crippen molar-refractivity contribution < 1.29 is 29.0 Å². The van der Waals surface area contributed by atoms with Crippen LogP contribution in [0.3, 0.4) is 0 Å². The van der Waals surface area contributed by atoms with Gasteiger partial charge >= 0.3 is 5.97 Å². The highest BCUT2D eigenvalue weighted by Crippen LogP contribution is 2.63. The number of esters is 1. The lowest BCUT2D eigenvalue weighted by atomic mass is 9.66. The third kappa shape index (κ3) is 4.30. The Labute approximate surface area is 217 Å². The van der Waals surface area contributed by atoms with Gasteiger partial charge in [0.05, 0.1) is 18.1 Å². The van der Waals surface area contributed by atoms with Crippen molar-refractivity contribution in [3.05, 3.63) is 42.5 Å². The van der Waals surface area contributed by atoms with E-state index >= 15 is 0 Å². The van der Waals surface area contributed by atoms with Crippen LogP contribution in [-0.4, -0.2) is 64.8 Å². The van der Waals surface area contributed by atoms with Gasteiger partial charge in [-0.1, -0.05) is 43.2 Å². The van der Waals surface area contributed by atoms with Crippen molar-refractivity contribution in [2.24, 2.45) is 11.8 Å². The first-order chi connectivity index (χ1) is 17.8. The second-order valence-electron chi connectivity index (χ2n) is 10.7. The Balaban J connectivity index is 1.46. The molecule has 8 heteroatoms. The maximum atomic E-state index is 13.9. The number of nitrogens with one attached hydrogen (secondary N) is 1. The topological polar surface area (TPSA) is 105 Å². The Kier molecular flexibility index (Phi) is 6.98. The van der Waals surface area contributed by atoms with Gasteiger partial charge in [0.25, 0.3) is 0 Å². The molecule has 2 aromatic rings. The third-order valence-electron chi connectivity index (χ3n) is 8.39. The van der Waals surface area contributed by atoms with Crippen molar-refractivity contribution in [3.63, 3.8) is 0 Å². The van der Waals surface area contributed by atoms with Gasteiger partial charge in [-0.3, -0.25) is 14.4 Å². The fourth-order valence-electron chi connectivity index (χ4n) is 6.78. The summed E-state index contributed by atoms with van der Waals surface area (Å²) in [5, 5.41) is 14.2. The summed E-state index contributed by atoms with van der Waals surface area (Å²) >= 11 is 0. The van der Waals surface area contributed by atoms with Gasteiger partial charge in [0, 0.05) is 18.8 Å². The van der Waals surface area contributed by atoms with Crippen LogP contribution in [0.5, 0.6) is 0 Å². The Morgan fingerprint density at radius 2 is 1.86 bits per heavy atom. The van der Waals surface area contributed by atoms with E-state index in [1.807, 2.05) is 49.4 Å². The first kappa shape index (κ1) is 25.7. The molecule has 3 heterocycles. The number of benzene rings is 2. The number of nitrogens with zero attached hydrogens (tertiary/aromatic N) is 1. The van der Waals surface area contributed by atoms with Crippen molar-refractivity contribution in [3.8, 4) is 0 Å². The molecule has 2 unspecified atom stereocenters. The zero-order valence-corrected chi connectivity index (χ0v) is 21.6. The lowest BCUT2D eigenvalue weighted by Crippen LogP contribution is -2.53. The molecule has 3 fully saturated rings. The van der Waals surface area contributed by atoms with E-state index in [1.54, 1.807) is 11.8 Å². The molecule has 3 aliphatic heterocycles. The summed E-state index contributed by atoms with van der Waals surface area (Å²) in [5.74, 6) is -2.40. The van der Waals surface area contributed by atoms with E-state index in [9.17, 15) is 14.4 Å². The first-order valence-electron chi connectivity index (χ1n) is 13.4. The molecule has 2 bridgehead atoms. The molecule has 5 atom stereocenters. The van der Waals surface area contributed by atoms with Gasteiger partial charge in [-0.25, -0.2) is 0 Å². The van der Waals surface area contributed by atoms with Crippen molar-refractivity contribution in [2.75, 3.05) is 25.1 Å². The Bertz CT molecular complexity index is 1200. The molecule has 198 valence electrons. The number of likely N-dealkylation sites (tertiary alicyclic amines) is 1. The lowest BCUT2D eigenvalue weighted by Gasteiger charge is -2.33. The van der Waals surface area contributed by atoms with E-state index in [0.29, 0.717) is 37.9 Å². The fraction of sp³-hybridized carbons (Fsp3) is 0.552. The third-order valence-corrected chi connectivity index (χ3v) is 8.39. The van der Waals surface area contributed by atoms with E-state index in [1.165, 1.54) is 0 Å². The number of ether oxygens (including phenoxy) is 2. The highest BCUT2D eigenvalue weighted by atomic mass is 16.6. The largest absolute Gasteiger partial charge is 0.466 e. The minimum absolute atomic E-state index is 0.137. The highest BCUT2D eigenvalue weighted by molar-refractivity contribution is 6.04. The number of anilines is 1. The average Bonchev–Trinajstić information content (AvgIpc) is 3.44. The van der Waals surface area contributed by atoms with Crippen LogP contribution < -0.4 is 5.32 Å². The van der Waals surface area contributed by atoms with Crippen LogP contribution in [0.2, 0.25) is 0 Å². The highest BCUT2D eigenvalue weighted by Gasteiger charge is 2.78. The van der Waals surface area contributed by atoms with Gasteiger partial charge in [0.15, 0.2) is 0 Å². The van der Waals surface area contributed by atoms with Gasteiger partial charge in [0.1, 0.15) is 17.6 Å². The number of fused-ring (bicyclic) bond motifs is 2. The van der Waals surface area contributed by atoms with Crippen LogP contribution in [0.4, 0.5) is 5.69 Å². The molecule has 2 aromatic carbocycles. The average molecular weight is 509 g/mol. The van der Waals surface area contributed by atoms with Gasteiger partial charge in [-0.2, -0.15) is 0 Å². The van der Waals surface area contributed by atoms with E-state index in [-0.39, 0.29) is 25.0 Å². The maximum absolute atomic E-state index is 13.9. The van der Waals surface area contributed by atoms with Crippen LogP contribution in [0.15, 0.2) is 42.5 Å². The van der Waals surface area contributed by atoms with E-state index in [4.69, 9.17) is 14.6 Å². The summed E-state index contributed by atoms with van der Waals surface area (Å²) in [6.07, 6.45) is 4.22. The van der Waals surface area contributed by atoms with Crippen molar-refractivity contribution in [1.82, 2.24) is 4.90 Å². The normalized spacial score (nSPS) is 30.1. The predicted molar refractivity (Wildman–Crippen MR) is 139 cm³/mol. The van der Waals surface area contributed by atoms with Crippen molar-refractivity contribution in [1.29, 1.82) is 0 Å². The molecule has 1 spiro atoms. The van der Waals surface area contributed by atoms with E-state index < -0.39 is 35.0 Å². The Hall–Kier alpha value is -2.97. The maximum Gasteiger partial charge on any atom is 0.312 e. The van der Waals surface area contributed by atoms with Gasteiger partial charge < -0.3 is 24.8 Å². The summed E-state index contributed by atoms with van der Waals surface area (Å²) in [5.41, 5.74) is -1.24. The fourth-order valence-corrected chi connectivity index (χ4v) is 6.78. The number of carbonyl (C=O) groups excluding carboxylic acids is 3. The van der Waals surface area contributed by atoms with Gasteiger partial charge in [-0.15, -0.1) is 0 Å².